The Balaban J connectivity index is 1.34. The molecule has 140 valence electrons. The standard InChI is InChI=1S/C22H26N4O/c1-22(2,3)26-14-19(15-26)17-4-6-18(7-5-17)21(27)24-13-16-8-10-25-11-9-23-20(25)12-16/h4-12,19H,13-15H2,1-3H3,(H,24,27). The number of likely N-dealkylation sites (tertiary alicyclic amines) is 1. The fraction of sp³-hybridized carbons (Fsp3) is 0.364. The largest absolute Gasteiger partial charge is 0.348 e. The fourth-order valence-electron chi connectivity index (χ4n) is 3.49. The number of rotatable bonds is 4. The summed E-state index contributed by atoms with van der Waals surface area (Å²) in [6.07, 6.45) is 5.63. The van der Waals surface area contributed by atoms with Crippen LogP contribution in [0.1, 0.15) is 48.2 Å². The van der Waals surface area contributed by atoms with Crippen LogP contribution in [0.5, 0.6) is 0 Å². The highest BCUT2D eigenvalue weighted by molar-refractivity contribution is 5.94. The van der Waals surface area contributed by atoms with Gasteiger partial charge in [-0.1, -0.05) is 12.1 Å². The van der Waals surface area contributed by atoms with E-state index in [-0.39, 0.29) is 11.4 Å². The van der Waals surface area contributed by atoms with Crippen molar-refractivity contribution in [2.24, 2.45) is 0 Å². The van der Waals surface area contributed by atoms with Crippen LogP contribution in [0.2, 0.25) is 0 Å². The van der Waals surface area contributed by atoms with Gasteiger partial charge in [-0.3, -0.25) is 9.69 Å². The molecule has 1 aliphatic rings. The first kappa shape index (κ1) is 17.7. The maximum Gasteiger partial charge on any atom is 0.251 e. The molecule has 3 heterocycles. The van der Waals surface area contributed by atoms with Gasteiger partial charge in [0.05, 0.1) is 0 Å². The number of hydrogen-bond donors (Lipinski definition) is 1. The number of aromatic nitrogens is 2. The van der Waals surface area contributed by atoms with Crippen LogP contribution >= 0.6 is 0 Å². The Kier molecular flexibility index (Phi) is 4.48. The lowest BCUT2D eigenvalue weighted by molar-refractivity contribution is 0.0470. The van der Waals surface area contributed by atoms with E-state index in [9.17, 15) is 4.79 Å². The van der Waals surface area contributed by atoms with E-state index >= 15 is 0 Å². The zero-order valence-corrected chi connectivity index (χ0v) is 16.1. The molecule has 1 aromatic carbocycles. The van der Waals surface area contributed by atoms with Crippen LogP contribution in [0.3, 0.4) is 0 Å². The number of pyridine rings is 1. The minimum absolute atomic E-state index is 0.0466. The van der Waals surface area contributed by atoms with Crippen molar-refractivity contribution in [3.05, 3.63) is 71.7 Å². The Bertz CT molecular complexity index is 946. The van der Waals surface area contributed by atoms with Gasteiger partial charge in [-0.25, -0.2) is 4.98 Å². The van der Waals surface area contributed by atoms with Gasteiger partial charge in [0.1, 0.15) is 5.65 Å². The molecule has 5 heteroatoms. The maximum atomic E-state index is 12.4. The van der Waals surface area contributed by atoms with E-state index in [2.05, 4.69) is 48.1 Å². The topological polar surface area (TPSA) is 49.6 Å². The van der Waals surface area contributed by atoms with Crippen LogP contribution in [0.4, 0.5) is 0 Å². The van der Waals surface area contributed by atoms with Crippen LogP contribution in [-0.2, 0) is 6.54 Å². The van der Waals surface area contributed by atoms with Crippen molar-refractivity contribution in [3.8, 4) is 0 Å². The number of carbonyl (C=O) groups excluding carboxylic acids is 1. The Labute approximate surface area is 160 Å². The van der Waals surface area contributed by atoms with Crippen molar-refractivity contribution in [1.82, 2.24) is 19.6 Å². The summed E-state index contributed by atoms with van der Waals surface area (Å²) in [7, 11) is 0. The predicted molar refractivity (Wildman–Crippen MR) is 107 cm³/mol. The lowest BCUT2D eigenvalue weighted by Gasteiger charge is -2.48. The van der Waals surface area contributed by atoms with Gasteiger partial charge in [-0.2, -0.15) is 0 Å². The number of benzene rings is 1. The number of fused-ring (bicyclic) bond motifs is 1. The first-order chi connectivity index (χ1) is 12.9. The van der Waals surface area contributed by atoms with E-state index in [0.29, 0.717) is 18.0 Å². The van der Waals surface area contributed by atoms with Crippen molar-refractivity contribution < 1.29 is 4.79 Å². The number of amides is 1. The molecule has 0 radical (unpaired) electrons. The van der Waals surface area contributed by atoms with Crippen molar-refractivity contribution in [2.75, 3.05) is 13.1 Å². The summed E-state index contributed by atoms with van der Waals surface area (Å²) in [6, 6.07) is 12.0. The van der Waals surface area contributed by atoms with Crippen molar-refractivity contribution in [1.29, 1.82) is 0 Å². The zero-order chi connectivity index (χ0) is 19.0. The number of nitrogens with zero attached hydrogens (tertiary/aromatic N) is 3. The van der Waals surface area contributed by atoms with Gasteiger partial charge < -0.3 is 9.72 Å². The SMILES string of the molecule is CC(C)(C)N1CC(c2ccc(C(=O)NCc3ccn4ccnc4c3)cc2)C1. The quantitative estimate of drug-likeness (QED) is 0.773. The van der Waals surface area contributed by atoms with Crippen LogP contribution in [0.15, 0.2) is 55.0 Å². The summed E-state index contributed by atoms with van der Waals surface area (Å²) in [5.41, 5.74) is 4.17. The highest BCUT2D eigenvalue weighted by atomic mass is 16.1. The third kappa shape index (κ3) is 3.74. The van der Waals surface area contributed by atoms with Crippen molar-refractivity contribution >= 4 is 11.6 Å². The molecule has 4 rings (SSSR count). The predicted octanol–water partition coefficient (Wildman–Crippen LogP) is 3.46. The molecule has 3 aromatic rings. The smallest absolute Gasteiger partial charge is 0.251 e. The molecule has 0 atom stereocenters. The number of carbonyl (C=O) groups is 1. The monoisotopic (exact) mass is 362 g/mol. The minimum atomic E-state index is -0.0466. The van der Waals surface area contributed by atoms with Gasteiger partial charge in [-0.15, -0.1) is 0 Å². The second-order valence-corrected chi connectivity index (χ2v) is 8.31. The van der Waals surface area contributed by atoms with E-state index < -0.39 is 0 Å². The molecule has 0 aliphatic carbocycles. The van der Waals surface area contributed by atoms with Crippen LogP contribution in [0.25, 0.3) is 5.65 Å². The Morgan fingerprint density at radius 3 is 2.59 bits per heavy atom. The number of hydrogen-bond acceptors (Lipinski definition) is 3. The molecule has 5 nitrogen and oxygen atoms in total. The highest BCUT2D eigenvalue weighted by Gasteiger charge is 2.34. The van der Waals surface area contributed by atoms with Crippen LogP contribution in [0, 0.1) is 0 Å². The maximum absolute atomic E-state index is 12.4. The summed E-state index contributed by atoms with van der Waals surface area (Å²) < 4.78 is 1.95. The summed E-state index contributed by atoms with van der Waals surface area (Å²) in [5.74, 6) is 0.525. The van der Waals surface area contributed by atoms with E-state index in [1.165, 1.54) is 5.56 Å². The number of nitrogens with one attached hydrogen (secondary N) is 1. The molecule has 1 N–H and O–H groups in total. The van der Waals surface area contributed by atoms with Crippen molar-refractivity contribution in [3.63, 3.8) is 0 Å². The van der Waals surface area contributed by atoms with Gasteiger partial charge in [-0.05, 0) is 56.2 Å². The molecule has 2 aromatic heterocycles. The third-order valence-corrected chi connectivity index (χ3v) is 5.39. The van der Waals surface area contributed by atoms with Crippen molar-refractivity contribution in [2.45, 2.75) is 38.8 Å². The zero-order valence-electron chi connectivity index (χ0n) is 16.1. The summed E-state index contributed by atoms with van der Waals surface area (Å²) in [5, 5.41) is 2.99. The molecule has 1 aliphatic heterocycles. The van der Waals surface area contributed by atoms with Gasteiger partial charge in [0, 0.05) is 55.2 Å². The molecule has 0 bridgehead atoms. The Hall–Kier alpha value is -2.66. The first-order valence-corrected chi connectivity index (χ1v) is 9.45. The first-order valence-electron chi connectivity index (χ1n) is 9.45. The molecule has 1 amide bonds. The van der Waals surface area contributed by atoms with E-state index in [0.717, 1.165) is 24.3 Å². The van der Waals surface area contributed by atoms with Crippen LogP contribution in [-0.4, -0.2) is 38.8 Å². The Morgan fingerprint density at radius 1 is 1.15 bits per heavy atom. The van der Waals surface area contributed by atoms with E-state index in [1.54, 1.807) is 6.20 Å². The van der Waals surface area contributed by atoms with E-state index in [1.807, 2.05) is 41.1 Å². The molecular weight excluding hydrogens is 336 g/mol. The lowest BCUT2D eigenvalue weighted by Crippen LogP contribution is -2.54. The minimum Gasteiger partial charge on any atom is -0.348 e. The average molecular weight is 362 g/mol. The summed E-state index contributed by atoms with van der Waals surface area (Å²) >= 11 is 0. The van der Waals surface area contributed by atoms with Gasteiger partial charge in [0.25, 0.3) is 5.91 Å². The fourth-order valence-corrected chi connectivity index (χ4v) is 3.49. The van der Waals surface area contributed by atoms with Gasteiger partial charge >= 0.3 is 0 Å². The van der Waals surface area contributed by atoms with Crippen LogP contribution < -0.4 is 5.32 Å². The molecular formula is C22H26N4O. The van der Waals surface area contributed by atoms with E-state index in [4.69, 9.17) is 0 Å². The normalized spacial score (nSPS) is 15.7. The van der Waals surface area contributed by atoms with Gasteiger partial charge in [0.15, 0.2) is 0 Å². The molecule has 1 saturated heterocycles. The average Bonchev–Trinajstić information content (AvgIpc) is 3.05. The highest BCUT2D eigenvalue weighted by Crippen LogP contribution is 2.32. The summed E-state index contributed by atoms with van der Waals surface area (Å²) in [6.45, 7) is 9.42. The second kappa shape index (κ2) is 6.82. The number of imidazole rings is 1. The summed E-state index contributed by atoms with van der Waals surface area (Å²) in [4.78, 5) is 19.2. The molecule has 1 fully saturated rings. The Morgan fingerprint density at radius 2 is 1.89 bits per heavy atom. The second-order valence-electron chi connectivity index (χ2n) is 8.31. The molecule has 27 heavy (non-hydrogen) atoms. The molecule has 0 spiro atoms. The lowest BCUT2D eigenvalue weighted by atomic mass is 9.87. The third-order valence-electron chi connectivity index (χ3n) is 5.39. The van der Waals surface area contributed by atoms with Gasteiger partial charge in [0.2, 0.25) is 0 Å². The molecule has 0 unspecified atom stereocenters. The molecule has 0 saturated carbocycles.